The number of amides is 2. The van der Waals surface area contributed by atoms with Gasteiger partial charge in [0, 0.05) is 16.1 Å². The average molecular weight is 412 g/mol. The third kappa shape index (κ3) is 4.55. The van der Waals surface area contributed by atoms with Crippen molar-refractivity contribution < 1.29 is 19.8 Å². The molecule has 0 aliphatic heterocycles. The number of aromatic amines is 1. The molecule has 0 fully saturated rings. The largest absolute Gasteiger partial charge is 0.501 e. The van der Waals surface area contributed by atoms with Crippen LogP contribution in [0, 0.1) is 0 Å². The highest BCUT2D eigenvalue weighted by Crippen LogP contribution is 2.25. The van der Waals surface area contributed by atoms with Crippen molar-refractivity contribution in [1.29, 1.82) is 0 Å². The number of nitrogens with one attached hydrogen (secondary N) is 3. The van der Waals surface area contributed by atoms with E-state index in [0.717, 1.165) is 4.90 Å². The Bertz CT molecular complexity index is 1150. The number of anilines is 2. The third-order valence-corrected chi connectivity index (χ3v) is 4.64. The molecule has 0 unspecified atom stereocenters. The molecule has 0 bridgehead atoms. The summed E-state index contributed by atoms with van der Waals surface area (Å²) in [5.74, 6) is -2.56. The van der Waals surface area contributed by atoms with E-state index in [1.165, 1.54) is 17.8 Å². The second-order valence-corrected chi connectivity index (χ2v) is 6.63. The van der Waals surface area contributed by atoms with Gasteiger partial charge in [0.2, 0.25) is 5.75 Å². The molecule has 0 radical (unpaired) electrons. The number of para-hydroxylation sites is 1. The van der Waals surface area contributed by atoms with Gasteiger partial charge in [0.25, 0.3) is 5.56 Å². The second kappa shape index (κ2) is 8.48. The summed E-state index contributed by atoms with van der Waals surface area (Å²) < 4.78 is 0. The van der Waals surface area contributed by atoms with Crippen molar-refractivity contribution >= 4 is 35.1 Å². The van der Waals surface area contributed by atoms with Crippen molar-refractivity contribution in [3.63, 3.8) is 0 Å². The Morgan fingerprint density at radius 1 is 1.10 bits per heavy atom. The molecular formula is C19H16N4O5S. The zero-order valence-corrected chi connectivity index (χ0v) is 15.9. The monoisotopic (exact) mass is 412 g/mol. The lowest BCUT2D eigenvalue weighted by atomic mass is 10.2. The molecule has 0 saturated carbocycles. The summed E-state index contributed by atoms with van der Waals surface area (Å²) >= 11 is 1.50. The maximum absolute atomic E-state index is 12.3. The van der Waals surface area contributed by atoms with Crippen LogP contribution in [0.4, 0.5) is 16.2 Å². The number of carboxylic acid groups (broad SMARTS) is 1. The summed E-state index contributed by atoms with van der Waals surface area (Å²) in [5, 5.41) is 24.0. The fraction of sp³-hybridized carbons (Fsp3) is 0.0526. The number of carbonyl (C=O) groups excluding carboxylic acids is 1. The van der Waals surface area contributed by atoms with E-state index in [1.807, 2.05) is 24.5 Å². The van der Waals surface area contributed by atoms with Crippen molar-refractivity contribution in [2.24, 2.45) is 0 Å². The maximum atomic E-state index is 12.3. The fourth-order valence-electron chi connectivity index (χ4n) is 2.53. The van der Waals surface area contributed by atoms with Crippen LogP contribution in [0.1, 0.15) is 10.5 Å². The Balaban J connectivity index is 1.84. The molecule has 0 aliphatic rings. The van der Waals surface area contributed by atoms with Crippen LogP contribution in [0.15, 0.2) is 58.2 Å². The van der Waals surface area contributed by atoms with Crippen molar-refractivity contribution in [2.75, 3.05) is 16.9 Å². The van der Waals surface area contributed by atoms with Gasteiger partial charge in [-0.15, -0.1) is 11.8 Å². The molecule has 0 saturated heterocycles. The van der Waals surface area contributed by atoms with Gasteiger partial charge in [-0.3, -0.25) is 4.79 Å². The van der Waals surface area contributed by atoms with Crippen LogP contribution in [-0.2, 0) is 0 Å². The summed E-state index contributed by atoms with van der Waals surface area (Å²) in [5.41, 5.74) is -0.323. The fourth-order valence-corrected chi connectivity index (χ4v) is 3.08. The highest BCUT2D eigenvalue weighted by Gasteiger charge is 2.17. The Morgan fingerprint density at radius 2 is 1.86 bits per heavy atom. The minimum absolute atomic E-state index is 0.0537. The van der Waals surface area contributed by atoms with Crippen molar-refractivity contribution in [3.8, 4) is 17.1 Å². The number of aromatic nitrogens is 2. The Kier molecular flexibility index (Phi) is 5.84. The SMILES string of the molecule is CSc1ccccc1NC(=O)Nc1cccc(-c2nc(C(=O)O)c(O)c(=O)[nH]2)c1. The summed E-state index contributed by atoms with van der Waals surface area (Å²) in [6.07, 6.45) is 1.90. The van der Waals surface area contributed by atoms with Gasteiger partial charge in [-0.2, -0.15) is 0 Å². The van der Waals surface area contributed by atoms with E-state index in [1.54, 1.807) is 24.3 Å². The number of hydrogen-bond acceptors (Lipinski definition) is 6. The van der Waals surface area contributed by atoms with E-state index in [4.69, 9.17) is 5.11 Å². The smallest absolute Gasteiger partial charge is 0.358 e. The van der Waals surface area contributed by atoms with Crippen LogP contribution in [0.2, 0.25) is 0 Å². The molecule has 1 aromatic heterocycles. The maximum Gasteiger partial charge on any atom is 0.358 e. The topological polar surface area (TPSA) is 144 Å². The van der Waals surface area contributed by atoms with Crippen LogP contribution in [0.25, 0.3) is 11.4 Å². The third-order valence-electron chi connectivity index (χ3n) is 3.85. The van der Waals surface area contributed by atoms with Crippen LogP contribution in [-0.4, -0.2) is 38.4 Å². The van der Waals surface area contributed by atoms with Crippen molar-refractivity contribution in [1.82, 2.24) is 9.97 Å². The molecule has 1 heterocycles. The number of benzene rings is 2. The van der Waals surface area contributed by atoms with Gasteiger partial charge in [-0.1, -0.05) is 24.3 Å². The lowest BCUT2D eigenvalue weighted by Gasteiger charge is -2.11. The predicted octanol–water partition coefficient (Wildman–Crippen LogP) is 3.21. The van der Waals surface area contributed by atoms with E-state index in [9.17, 15) is 19.5 Å². The first kappa shape index (κ1) is 20.0. The first-order chi connectivity index (χ1) is 13.9. The van der Waals surface area contributed by atoms with Crippen LogP contribution >= 0.6 is 11.8 Å². The predicted molar refractivity (Wildman–Crippen MR) is 110 cm³/mol. The highest BCUT2D eigenvalue weighted by molar-refractivity contribution is 7.98. The Labute approximate surface area is 168 Å². The van der Waals surface area contributed by atoms with Gasteiger partial charge < -0.3 is 25.8 Å². The van der Waals surface area contributed by atoms with E-state index >= 15 is 0 Å². The van der Waals surface area contributed by atoms with Gasteiger partial charge >= 0.3 is 12.0 Å². The highest BCUT2D eigenvalue weighted by atomic mass is 32.2. The molecule has 148 valence electrons. The number of hydrogen-bond donors (Lipinski definition) is 5. The van der Waals surface area contributed by atoms with E-state index < -0.39 is 29.0 Å². The van der Waals surface area contributed by atoms with Gasteiger partial charge in [0.05, 0.1) is 5.69 Å². The second-order valence-electron chi connectivity index (χ2n) is 5.78. The number of aromatic hydroxyl groups is 1. The Morgan fingerprint density at radius 3 is 2.59 bits per heavy atom. The number of aromatic carboxylic acids is 1. The zero-order valence-electron chi connectivity index (χ0n) is 15.1. The Hall–Kier alpha value is -3.79. The molecule has 0 aliphatic carbocycles. The van der Waals surface area contributed by atoms with Crippen LogP contribution < -0.4 is 16.2 Å². The number of thioether (sulfide) groups is 1. The molecule has 2 amide bonds. The van der Waals surface area contributed by atoms with Gasteiger partial charge in [0.15, 0.2) is 5.69 Å². The van der Waals surface area contributed by atoms with Gasteiger partial charge in [0.1, 0.15) is 5.82 Å². The van der Waals surface area contributed by atoms with E-state index in [2.05, 4.69) is 20.6 Å². The lowest BCUT2D eigenvalue weighted by Crippen LogP contribution is -2.20. The minimum atomic E-state index is -1.53. The van der Waals surface area contributed by atoms with E-state index in [0.29, 0.717) is 16.9 Å². The van der Waals surface area contributed by atoms with Crippen molar-refractivity contribution in [2.45, 2.75) is 4.90 Å². The molecule has 3 rings (SSSR count). The molecule has 0 spiro atoms. The first-order valence-corrected chi connectivity index (χ1v) is 9.49. The molecule has 29 heavy (non-hydrogen) atoms. The van der Waals surface area contributed by atoms with Gasteiger partial charge in [-0.05, 0) is 30.5 Å². The molecule has 3 aromatic rings. The minimum Gasteiger partial charge on any atom is -0.501 e. The molecule has 2 aromatic carbocycles. The van der Waals surface area contributed by atoms with Crippen molar-refractivity contribution in [3.05, 3.63) is 64.6 Å². The number of urea groups is 1. The standard InChI is InChI=1S/C19H16N4O5S/c1-29-13-8-3-2-7-12(13)21-19(28)20-11-6-4-5-10(9-11)16-22-14(18(26)27)15(24)17(25)23-16/h2-9,24H,1H3,(H,26,27)(H2,20,21,28)(H,22,23,25). The average Bonchev–Trinajstić information content (AvgIpc) is 2.70. The summed E-state index contributed by atoms with van der Waals surface area (Å²) in [4.78, 5) is 42.2. The molecule has 5 N–H and O–H groups in total. The number of nitrogens with zero attached hydrogens (tertiary/aromatic N) is 1. The zero-order chi connectivity index (χ0) is 21.0. The van der Waals surface area contributed by atoms with E-state index in [-0.39, 0.29) is 5.82 Å². The van der Waals surface area contributed by atoms with Crippen LogP contribution in [0.3, 0.4) is 0 Å². The molecule has 10 heteroatoms. The molecule has 0 atom stereocenters. The number of rotatable bonds is 5. The number of H-pyrrole nitrogens is 1. The normalized spacial score (nSPS) is 10.4. The summed E-state index contributed by atoms with van der Waals surface area (Å²) in [7, 11) is 0. The number of carboxylic acids is 1. The number of carbonyl (C=O) groups is 2. The van der Waals surface area contributed by atoms with Gasteiger partial charge in [-0.25, -0.2) is 14.6 Å². The summed E-state index contributed by atoms with van der Waals surface area (Å²) in [6, 6.07) is 13.2. The summed E-state index contributed by atoms with van der Waals surface area (Å²) in [6.45, 7) is 0. The quantitative estimate of drug-likeness (QED) is 0.405. The molecular weight excluding hydrogens is 396 g/mol. The lowest BCUT2D eigenvalue weighted by molar-refractivity contribution is 0.0686. The molecule has 9 nitrogen and oxygen atoms in total. The van der Waals surface area contributed by atoms with Crippen LogP contribution in [0.5, 0.6) is 5.75 Å². The first-order valence-electron chi connectivity index (χ1n) is 8.27.